The summed E-state index contributed by atoms with van der Waals surface area (Å²) in [5.74, 6) is 1.89. The molecule has 0 radical (unpaired) electrons. The van der Waals surface area contributed by atoms with Gasteiger partial charge in [-0.15, -0.1) is 0 Å². The highest BCUT2D eigenvalue weighted by atomic mass is 35.5. The average molecular weight is 349 g/mol. The average Bonchev–Trinajstić information content (AvgIpc) is 2.96. The Morgan fingerprint density at radius 3 is 2.91 bits per heavy atom. The maximum atomic E-state index is 6.04. The van der Waals surface area contributed by atoms with Gasteiger partial charge in [0, 0.05) is 29.6 Å². The summed E-state index contributed by atoms with van der Waals surface area (Å²) in [5, 5.41) is 7.09. The van der Waals surface area contributed by atoms with E-state index in [9.17, 15) is 0 Å². The van der Waals surface area contributed by atoms with Crippen LogP contribution in [0.15, 0.2) is 30.6 Å². The minimum absolute atomic E-state index is 0.547. The molecule has 2 N–H and O–H groups in total. The zero-order valence-corrected chi connectivity index (χ0v) is 14.3. The fraction of sp³-hybridized carbons (Fsp3) is 0.267. The number of anilines is 3. The second-order valence-corrected chi connectivity index (χ2v) is 5.77. The molecule has 1 aromatic carbocycles. The van der Waals surface area contributed by atoms with Gasteiger partial charge in [0.1, 0.15) is 0 Å². The Bertz CT molecular complexity index is 819. The first-order chi connectivity index (χ1) is 11.2. The van der Waals surface area contributed by atoms with Crippen LogP contribution in [0.5, 0.6) is 0 Å². The van der Waals surface area contributed by atoms with Gasteiger partial charge in [0.25, 0.3) is 0 Å². The lowest BCUT2D eigenvalue weighted by Crippen LogP contribution is -2.09. The van der Waals surface area contributed by atoms with E-state index in [0.29, 0.717) is 29.1 Å². The zero-order valence-electron chi connectivity index (χ0n) is 12.6. The fourth-order valence-corrected chi connectivity index (χ4v) is 2.51. The molecule has 0 saturated heterocycles. The van der Waals surface area contributed by atoms with Crippen LogP contribution in [0.3, 0.4) is 0 Å². The van der Waals surface area contributed by atoms with Crippen LogP contribution in [0, 0.1) is 0 Å². The lowest BCUT2D eigenvalue weighted by molar-refractivity contribution is 0.777. The van der Waals surface area contributed by atoms with Crippen molar-refractivity contribution in [3.05, 3.63) is 35.6 Å². The van der Waals surface area contributed by atoms with Crippen LogP contribution in [0.1, 0.15) is 6.92 Å². The molecule has 120 valence electrons. The summed E-state index contributed by atoms with van der Waals surface area (Å²) in [4.78, 5) is 13.5. The Morgan fingerprint density at radius 1 is 1.30 bits per heavy atom. The standard InChI is InChI=1S/C15H17ClN6S/c1-2-22-9-18-12-13(19-11-5-3-4-10(16)8-11)20-15(17-6-7-23)21-14(12)22/h3-5,8-9,23H,2,6-7H2,1H3,(H2,17,19,20,21). The summed E-state index contributed by atoms with van der Waals surface area (Å²) >= 11 is 10.2. The van der Waals surface area contributed by atoms with E-state index in [-0.39, 0.29) is 0 Å². The van der Waals surface area contributed by atoms with Gasteiger partial charge in [-0.05, 0) is 25.1 Å². The fourth-order valence-electron chi connectivity index (χ4n) is 2.21. The van der Waals surface area contributed by atoms with Gasteiger partial charge < -0.3 is 15.2 Å². The summed E-state index contributed by atoms with van der Waals surface area (Å²) in [6.45, 7) is 3.52. The van der Waals surface area contributed by atoms with Crippen LogP contribution in [0.4, 0.5) is 17.5 Å². The van der Waals surface area contributed by atoms with E-state index >= 15 is 0 Å². The third kappa shape index (κ3) is 3.51. The molecule has 0 atom stereocenters. The second-order valence-electron chi connectivity index (χ2n) is 4.88. The van der Waals surface area contributed by atoms with Crippen molar-refractivity contribution in [3.8, 4) is 0 Å². The van der Waals surface area contributed by atoms with E-state index in [1.165, 1.54) is 0 Å². The molecule has 8 heteroatoms. The number of nitrogens with zero attached hydrogens (tertiary/aromatic N) is 4. The Hall–Kier alpha value is -1.99. The summed E-state index contributed by atoms with van der Waals surface area (Å²) < 4.78 is 1.98. The number of aryl methyl sites for hydroxylation is 1. The topological polar surface area (TPSA) is 67.7 Å². The maximum Gasteiger partial charge on any atom is 0.226 e. The van der Waals surface area contributed by atoms with Gasteiger partial charge in [-0.1, -0.05) is 17.7 Å². The highest BCUT2D eigenvalue weighted by molar-refractivity contribution is 7.80. The third-order valence-corrected chi connectivity index (χ3v) is 3.75. The van der Waals surface area contributed by atoms with Crippen LogP contribution < -0.4 is 10.6 Å². The van der Waals surface area contributed by atoms with Gasteiger partial charge in [0.2, 0.25) is 5.95 Å². The van der Waals surface area contributed by atoms with Gasteiger partial charge in [-0.3, -0.25) is 0 Å². The van der Waals surface area contributed by atoms with Gasteiger partial charge in [-0.25, -0.2) is 4.98 Å². The van der Waals surface area contributed by atoms with Gasteiger partial charge >= 0.3 is 0 Å². The Labute approximate surface area is 144 Å². The minimum Gasteiger partial charge on any atom is -0.353 e. The molecule has 6 nitrogen and oxygen atoms in total. The molecule has 0 fully saturated rings. The molecule has 0 saturated carbocycles. The van der Waals surface area contributed by atoms with Crippen LogP contribution in [-0.2, 0) is 6.54 Å². The first-order valence-electron chi connectivity index (χ1n) is 7.31. The van der Waals surface area contributed by atoms with E-state index in [1.54, 1.807) is 6.33 Å². The van der Waals surface area contributed by atoms with Crippen molar-refractivity contribution >= 4 is 52.8 Å². The number of hydrogen-bond donors (Lipinski definition) is 3. The third-order valence-electron chi connectivity index (χ3n) is 3.29. The van der Waals surface area contributed by atoms with Crippen LogP contribution >= 0.6 is 24.2 Å². The van der Waals surface area contributed by atoms with Crippen molar-refractivity contribution in [2.24, 2.45) is 0 Å². The molecule has 0 aliphatic carbocycles. The number of hydrogen-bond acceptors (Lipinski definition) is 6. The lowest BCUT2D eigenvalue weighted by Gasteiger charge is -2.10. The summed E-state index contributed by atoms with van der Waals surface area (Å²) in [7, 11) is 0. The number of imidazole rings is 1. The molecule has 0 aliphatic rings. The first kappa shape index (κ1) is 15.9. The molecule has 0 bridgehead atoms. The highest BCUT2D eigenvalue weighted by Gasteiger charge is 2.13. The van der Waals surface area contributed by atoms with E-state index < -0.39 is 0 Å². The molecule has 0 spiro atoms. The lowest BCUT2D eigenvalue weighted by atomic mass is 10.3. The minimum atomic E-state index is 0.547. The van der Waals surface area contributed by atoms with Crippen molar-refractivity contribution < 1.29 is 0 Å². The van der Waals surface area contributed by atoms with E-state index in [1.807, 2.05) is 35.8 Å². The Balaban J connectivity index is 2.04. The van der Waals surface area contributed by atoms with Crippen molar-refractivity contribution in [1.82, 2.24) is 19.5 Å². The van der Waals surface area contributed by atoms with Crippen LogP contribution in [0.2, 0.25) is 5.02 Å². The maximum absolute atomic E-state index is 6.04. The summed E-state index contributed by atoms with van der Waals surface area (Å²) in [6, 6.07) is 7.48. The number of halogens is 1. The SMILES string of the molecule is CCn1cnc2c(Nc3cccc(Cl)c3)nc(NCCS)nc21. The Kier molecular flexibility index (Phi) is 4.88. The first-order valence-corrected chi connectivity index (χ1v) is 8.32. The summed E-state index contributed by atoms with van der Waals surface area (Å²) in [5.41, 5.74) is 2.36. The van der Waals surface area contributed by atoms with E-state index in [0.717, 1.165) is 23.4 Å². The zero-order chi connectivity index (χ0) is 16.2. The van der Waals surface area contributed by atoms with Crippen molar-refractivity contribution in [3.63, 3.8) is 0 Å². The molecule has 3 aromatic rings. The number of benzene rings is 1. The van der Waals surface area contributed by atoms with Crippen molar-refractivity contribution in [2.75, 3.05) is 22.9 Å². The highest BCUT2D eigenvalue weighted by Crippen LogP contribution is 2.25. The monoisotopic (exact) mass is 348 g/mol. The quantitative estimate of drug-likeness (QED) is 0.594. The predicted molar refractivity (Wildman–Crippen MR) is 98.1 cm³/mol. The molecule has 23 heavy (non-hydrogen) atoms. The number of aromatic nitrogens is 4. The molecule has 2 aromatic heterocycles. The largest absolute Gasteiger partial charge is 0.353 e. The van der Waals surface area contributed by atoms with Crippen molar-refractivity contribution in [1.29, 1.82) is 0 Å². The van der Waals surface area contributed by atoms with Crippen LogP contribution in [-0.4, -0.2) is 31.8 Å². The number of fused-ring (bicyclic) bond motifs is 1. The summed E-state index contributed by atoms with van der Waals surface area (Å²) in [6.07, 6.45) is 1.77. The normalized spacial score (nSPS) is 10.9. The van der Waals surface area contributed by atoms with Gasteiger partial charge in [-0.2, -0.15) is 22.6 Å². The molecule has 0 unspecified atom stereocenters. The molecular formula is C15H17ClN6S. The van der Waals surface area contributed by atoms with E-state index in [4.69, 9.17) is 11.6 Å². The molecule has 0 amide bonds. The molecule has 2 heterocycles. The number of thiol groups is 1. The molecule has 0 aliphatic heterocycles. The number of nitrogens with one attached hydrogen (secondary N) is 2. The van der Waals surface area contributed by atoms with Crippen LogP contribution in [0.25, 0.3) is 11.2 Å². The Morgan fingerprint density at radius 2 is 2.17 bits per heavy atom. The molecular weight excluding hydrogens is 332 g/mol. The predicted octanol–water partition coefficient (Wildman–Crippen LogP) is 3.58. The van der Waals surface area contributed by atoms with E-state index in [2.05, 4.69) is 38.2 Å². The smallest absolute Gasteiger partial charge is 0.226 e. The van der Waals surface area contributed by atoms with Gasteiger partial charge in [0.15, 0.2) is 17.0 Å². The molecule has 3 rings (SSSR count). The number of rotatable bonds is 6. The second kappa shape index (κ2) is 7.06. The van der Waals surface area contributed by atoms with Gasteiger partial charge in [0.05, 0.1) is 6.33 Å². The van der Waals surface area contributed by atoms with Crippen molar-refractivity contribution in [2.45, 2.75) is 13.5 Å².